The largest absolute Gasteiger partial charge is 0.347 e. The Morgan fingerprint density at radius 2 is 2.31 bits per heavy atom. The quantitative estimate of drug-likeness (QED) is 0.822. The number of aromatic nitrogens is 1. The van der Waals surface area contributed by atoms with E-state index in [1.807, 2.05) is 6.92 Å². The number of hydrogen-bond donors (Lipinski definition) is 2. The number of nitrogens with one attached hydrogen (secondary N) is 1. The van der Waals surface area contributed by atoms with E-state index in [4.69, 9.17) is 5.73 Å². The Balaban J connectivity index is 2.55. The van der Waals surface area contributed by atoms with Crippen LogP contribution in [-0.2, 0) is 0 Å². The molecule has 1 atom stereocenters. The molecule has 1 heterocycles. The zero-order valence-electron chi connectivity index (χ0n) is 9.99. The molecule has 0 spiro atoms. The van der Waals surface area contributed by atoms with Crippen molar-refractivity contribution in [3.8, 4) is 0 Å². The van der Waals surface area contributed by atoms with E-state index >= 15 is 0 Å². The highest BCUT2D eigenvalue weighted by molar-refractivity contribution is 7.13. The summed E-state index contributed by atoms with van der Waals surface area (Å²) in [6.07, 6.45) is 2.51. The summed E-state index contributed by atoms with van der Waals surface area (Å²) in [6, 6.07) is 0.0508. The van der Waals surface area contributed by atoms with E-state index < -0.39 is 0 Å². The highest BCUT2D eigenvalue weighted by Crippen LogP contribution is 2.12. The van der Waals surface area contributed by atoms with Crippen molar-refractivity contribution in [1.29, 1.82) is 0 Å². The average Bonchev–Trinajstić information content (AvgIpc) is 2.63. The number of rotatable bonds is 5. The van der Waals surface area contributed by atoms with Gasteiger partial charge in [-0.15, -0.1) is 11.3 Å². The summed E-state index contributed by atoms with van der Waals surface area (Å²) in [6.45, 7) is 6.59. The standard InChI is InChI=1S/C11H19N3OS/c1-7(2)4-9(5-12)14-11(15)10-6-13-8(3)16-10/h6-7,9H,4-5,12H2,1-3H3,(H,14,15). The number of nitrogens with zero attached hydrogens (tertiary/aromatic N) is 1. The van der Waals surface area contributed by atoms with Gasteiger partial charge in [0.1, 0.15) is 4.88 Å². The Hall–Kier alpha value is -0.940. The Kier molecular flexibility index (Phi) is 4.89. The molecule has 0 saturated carbocycles. The maximum atomic E-state index is 11.8. The van der Waals surface area contributed by atoms with Gasteiger partial charge >= 0.3 is 0 Å². The van der Waals surface area contributed by atoms with Crippen LogP contribution >= 0.6 is 11.3 Å². The van der Waals surface area contributed by atoms with Gasteiger partial charge in [-0.2, -0.15) is 0 Å². The number of hydrogen-bond acceptors (Lipinski definition) is 4. The maximum absolute atomic E-state index is 11.8. The van der Waals surface area contributed by atoms with Crippen molar-refractivity contribution in [3.63, 3.8) is 0 Å². The molecule has 1 aromatic rings. The minimum absolute atomic E-state index is 0.0508. The lowest BCUT2D eigenvalue weighted by molar-refractivity contribution is 0.0937. The van der Waals surface area contributed by atoms with Crippen molar-refractivity contribution in [2.24, 2.45) is 11.7 Å². The van der Waals surface area contributed by atoms with Crippen LogP contribution in [0.2, 0.25) is 0 Å². The number of aryl methyl sites for hydroxylation is 1. The van der Waals surface area contributed by atoms with Gasteiger partial charge in [0.25, 0.3) is 5.91 Å². The molecule has 1 aromatic heterocycles. The van der Waals surface area contributed by atoms with Crippen molar-refractivity contribution in [2.75, 3.05) is 6.54 Å². The molecule has 0 aromatic carbocycles. The molecular formula is C11H19N3OS. The van der Waals surface area contributed by atoms with Gasteiger partial charge in [0.2, 0.25) is 0 Å². The lowest BCUT2D eigenvalue weighted by Crippen LogP contribution is -2.40. The van der Waals surface area contributed by atoms with Crippen LogP contribution in [0.25, 0.3) is 0 Å². The van der Waals surface area contributed by atoms with Gasteiger partial charge in [-0.1, -0.05) is 13.8 Å². The van der Waals surface area contributed by atoms with Crippen LogP contribution in [0.1, 0.15) is 34.9 Å². The van der Waals surface area contributed by atoms with E-state index in [2.05, 4.69) is 24.1 Å². The van der Waals surface area contributed by atoms with Crippen LogP contribution in [0.15, 0.2) is 6.20 Å². The third-order valence-corrected chi connectivity index (χ3v) is 3.13. The highest BCUT2D eigenvalue weighted by atomic mass is 32.1. The predicted molar refractivity (Wildman–Crippen MR) is 66.6 cm³/mol. The molecule has 0 aliphatic heterocycles. The zero-order chi connectivity index (χ0) is 12.1. The van der Waals surface area contributed by atoms with Crippen LogP contribution in [0.5, 0.6) is 0 Å². The average molecular weight is 241 g/mol. The van der Waals surface area contributed by atoms with Crippen molar-refractivity contribution in [1.82, 2.24) is 10.3 Å². The molecule has 3 N–H and O–H groups in total. The number of amides is 1. The number of thiazole rings is 1. The molecule has 4 nitrogen and oxygen atoms in total. The van der Waals surface area contributed by atoms with Crippen LogP contribution in [-0.4, -0.2) is 23.5 Å². The minimum atomic E-state index is -0.0679. The van der Waals surface area contributed by atoms with Gasteiger partial charge in [0.05, 0.1) is 11.2 Å². The van der Waals surface area contributed by atoms with E-state index in [1.165, 1.54) is 11.3 Å². The fraction of sp³-hybridized carbons (Fsp3) is 0.636. The van der Waals surface area contributed by atoms with Crippen LogP contribution < -0.4 is 11.1 Å². The van der Waals surface area contributed by atoms with E-state index in [1.54, 1.807) is 6.20 Å². The lowest BCUT2D eigenvalue weighted by atomic mass is 10.0. The molecule has 0 saturated heterocycles. The van der Waals surface area contributed by atoms with Crippen LogP contribution in [0.4, 0.5) is 0 Å². The fourth-order valence-corrected chi connectivity index (χ4v) is 2.19. The second kappa shape index (κ2) is 5.96. The molecule has 16 heavy (non-hydrogen) atoms. The first-order chi connectivity index (χ1) is 7.52. The van der Waals surface area contributed by atoms with Crippen molar-refractivity contribution in [3.05, 3.63) is 16.1 Å². The molecule has 1 amide bonds. The number of carbonyl (C=O) groups is 1. The number of carbonyl (C=O) groups excluding carboxylic acids is 1. The maximum Gasteiger partial charge on any atom is 0.263 e. The second-order valence-electron chi connectivity index (χ2n) is 4.28. The van der Waals surface area contributed by atoms with Crippen molar-refractivity contribution in [2.45, 2.75) is 33.2 Å². The molecule has 0 aliphatic rings. The third kappa shape index (κ3) is 3.90. The predicted octanol–water partition coefficient (Wildman–Crippen LogP) is 1.55. The smallest absolute Gasteiger partial charge is 0.263 e. The summed E-state index contributed by atoms with van der Waals surface area (Å²) in [7, 11) is 0. The normalized spacial score (nSPS) is 12.8. The number of nitrogens with two attached hydrogens (primary N) is 1. The zero-order valence-corrected chi connectivity index (χ0v) is 10.8. The molecule has 90 valence electrons. The Labute approximate surface area is 100 Å². The van der Waals surface area contributed by atoms with Gasteiger partial charge in [-0.3, -0.25) is 4.79 Å². The van der Waals surface area contributed by atoms with E-state index in [0.29, 0.717) is 17.3 Å². The summed E-state index contributed by atoms with van der Waals surface area (Å²) < 4.78 is 0. The first-order valence-corrected chi connectivity index (χ1v) is 6.28. The SMILES string of the molecule is Cc1ncc(C(=O)NC(CN)CC(C)C)s1. The summed E-state index contributed by atoms with van der Waals surface area (Å²) in [5.74, 6) is 0.457. The van der Waals surface area contributed by atoms with Crippen LogP contribution in [0, 0.1) is 12.8 Å². The summed E-state index contributed by atoms with van der Waals surface area (Å²) in [4.78, 5) is 16.5. The van der Waals surface area contributed by atoms with Gasteiger partial charge in [0, 0.05) is 12.6 Å². The fourth-order valence-electron chi connectivity index (χ4n) is 1.51. The first-order valence-electron chi connectivity index (χ1n) is 5.46. The van der Waals surface area contributed by atoms with E-state index in [0.717, 1.165) is 11.4 Å². The molecule has 0 bridgehead atoms. The molecule has 0 radical (unpaired) electrons. The summed E-state index contributed by atoms with van der Waals surface area (Å²) >= 11 is 1.40. The Morgan fingerprint density at radius 3 is 2.75 bits per heavy atom. The molecule has 0 aliphatic carbocycles. The van der Waals surface area contributed by atoms with Gasteiger partial charge < -0.3 is 11.1 Å². The van der Waals surface area contributed by atoms with Gasteiger partial charge in [0.15, 0.2) is 0 Å². The second-order valence-corrected chi connectivity index (χ2v) is 5.51. The van der Waals surface area contributed by atoms with Gasteiger partial charge in [-0.25, -0.2) is 4.98 Å². The summed E-state index contributed by atoms with van der Waals surface area (Å²) in [5.41, 5.74) is 5.63. The molecule has 1 rings (SSSR count). The monoisotopic (exact) mass is 241 g/mol. The minimum Gasteiger partial charge on any atom is -0.347 e. The molecule has 5 heteroatoms. The Bertz CT molecular complexity index is 349. The molecule has 1 unspecified atom stereocenters. The molecule has 0 fully saturated rings. The van der Waals surface area contributed by atoms with E-state index in [9.17, 15) is 4.79 Å². The Morgan fingerprint density at radius 1 is 1.62 bits per heavy atom. The van der Waals surface area contributed by atoms with Gasteiger partial charge in [-0.05, 0) is 19.3 Å². The third-order valence-electron chi connectivity index (χ3n) is 2.22. The summed E-state index contributed by atoms with van der Waals surface area (Å²) in [5, 5.41) is 3.84. The molecular weight excluding hydrogens is 222 g/mol. The van der Waals surface area contributed by atoms with E-state index in [-0.39, 0.29) is 11.9 Å². The van der Waals surface area contributed by atoms with Crippen LogP contribution in [0.3, 0.4) is 0 Å². The van der Waals surface area contributed by atoms with Crippen molar-refractivity contribution < 1.29 is 4.79 Å². The highest BCUT2D eigenvalue weighted by Gasteiger charge is 2.15. The van der Waals surface area contributed by atoms with Crippen molar-refractivity contribution >= 4 is 17.2 Å². The topological polar surface area (TPSA) is 68.0 Å². The first kappa shape index (κ1) is 13.1. The lowest BCUT2D eigenvalue weighted by Gasteiger charge is -2.18.